The lowest BCUT2D eigenvalue weighted by molar-refractivity contribution is -0.131. The monoisotopic (exact) mass is 426 g/mol. The second-order valence-electron chi connectivity index (χ2n) is 6.67. The van der Waals surface area contributed by atoms with Crippen LogP contribution in [0.2, 0.25) is 5.02 Å². The van der Waals surface area contributed by atoms with Crippen molar-refractivity contribution in [2.75, 3.05) is 18.0 Å². The third-order valence-corrected chi connectivity index (χ3v) is 5.79. The Hall–Kier alpha value is -2.77. The Morgan fingerprint density at radius 2 is 1.79 bits per heavy atom. The van der Waals surface area contributed by atoms with E-state index in [1.165, 1.54) is 18.5 Å². The molecule has 29 heavy (non-hydrogen) atoms. The van der Waals surface area contributed by atoms with Gasteiger partial charge in [-0.05, 0) is 72.6 Å². The number of nitrogens with zero attached hydrogens (tertiary/aromatic N) is 3. The van der Waals surface area contributed by atoms with Gasteiger partial charge in [0.25, 0.3) is 0 Å². The summed E-state index contributed by atoms with van der Waals surface area (Å²) in [5.74, 6) is -0.458. The molecule has 0 atom stereocenters. The van der Waals surface area contributed by atoms with Crippen molar-refractivity contribution in [1.82, 2.24) is 15.2 Å². The molecule has 148 valence electrons. The molecule has 6 nitrogen and oxygen atoms in total. The number of H-pyrrole nitrogens is 1. The van der Waals surface area contributed by atoms with Gasteiger partial charge in [-0.15, -0.1) is 5.10 Å². The van der Waals surface area contributed by atoms with Crippen LogP contribution in [-0.4, -0.2) is 39.3 Å². The minimum Gasteiger partial charge on any atom is -0.477 e. The quantitative estimate of drug-likeness (QED) is 0.429. The van der Waals surface area contributed by atoms with E-state index in [0.717, 1.165) is 36.0 Å². The number of carbonyl (C=O) groups is 1. The van der Waals surface area contributed by atoms with Gasteiger partial charge in [0.05, 0.1) is 0 Å². The third-order valence-electron chi connectivity index (χ3n) is 4.66. The molecule has 0 bridgehead atoms. The van der Waals surface area contributed by atoms with Crippen molar-refractivity contribution in [1.29, 1.82) is 0 Å². The first-order valence-electron chi connectivity index (χ1n) is 9.25. The third kappa shape index (κ3) is 4.81. The summed E-state index contributed by atoms with van der Waals surface area (Å²) in [5, 5.41) is 17.5. The number of thioether (sulfide) groups is 1. The number of carboxylic acid groups (broad SMARTS) is 1. The second-order valence-corrected chi connectivity index (χ2v) is 8.12. The highest BCUT2D eigenvalue weighted by molar-refractivity contribution is 8.04. The van der Waals surface area contributed by atoms with E-state index < -0.39 is 5.97 Å². The SMILES string of the molecule is O=C(O)/C(=C\c1ccc(N2CCCC2)cc1)Sc1n[nH]c(-c2ccc(Cl)cc2)n1. The molecule has 3 aromatic rings. The van der Waals surface area contributed by atoms with Crippen LogP contribution in [0.25, 0.3) is 17.5 Å². The number of nitrogens with one attached hydrogen (secondary N) is 1. The average molecular weight is 427 g/mol. The molecule has 0 saturated carbocycles. The van der Waals surface area contributed by atoms with Gasteiger partial charge in [-0.25, -0.2) is 9.78 Å². The Balaban J connectivity index is 1.50. The molecule has 1 aliphatic heterocycles. The molecule has 1 aromatic heterocycles. The number of aromatic nitrogens is 3. The number of aromatic amines is 1. The zero-order valence-corrected chi connectivity index (χ0v) is 17.1. The van der Waals surface area contributed by atoms with Crippen LogP contribution in [-0.2, 0) is 4.79 Å². The lowest BCUT2D eigenvalue weighted by Gasteiger charge is -2.17. The Labute approximate surface area is 177 Å². The molecule has 2 aromatic carbocycles. The maximum absolute atomic E-state index is 11.7. The minimum atomic E-state index is -1.02. The topological polar surface area (TPSA) is 82.1 Å². The summed E-state index contributed by atoms with van der Waals surface area (Å²) in [6.45, 7) is 2.15. The Kier molecular flexibility index (Phi) is 5.87. The van der Waals surface area contributed by atoms with Crippen molar-refractivity contribution in [2.45, 2.75) is 18.0 Å². The van der Waals surface area contributed by atoms with E-state index in [0.29, 0.717) is 16.0 Å². The van der Waals surface area contributed by atoms with E-state index in [1.807, 2.05) is 36.4 Å². The van der Waals surface area contributed by atoms with Crippen molar-refractivity contribution in [3.63, 3.8) is 0 Å². The van der Waals surface area contributed by atoms with Crippen LogP contribution >= 0.6 is 23.4 Å². The summed E-state index contributed by atoms with van der Waals surface area (Å²) in [6, 6.07) is 15.1. The van der Waals surface area contributed by atoms with Gasteiger partial charge in [0.2, 0.25) is 5.16 Å². The molecule has 1 saturated heterocycles. The Morgan fingerprint density at radius 1 is 1.10 bits per heavy atom. The van der Waals surface area contributed by atoms with Crippen LogP contribution in [0.3, 0.4) is 0 Å². The van der Waals surface area contributed by atoms with E-state index in [-0.39, 0.29) is 4.91 Å². The maximum Gasteiger partial charge on any atom is 0.342 e. The fourth-order valence-electron chi connectivity index (χ4n) is 3.17. The van der Waals surface area contributed by atoms with E-state index in [4.69, 9.17) is 11.6 Å². The highest BCUT2D eigenvalue weighted by atomic mass is 35.5. The molecule has 1 aliphatic rings. The number of anilines is 1. The summed E-state index contributed by atoms with van der Waals surface area (Å²) in [4.78, 5) is 18.6. The summed E-state index contributed by atoms with van der Waals surface area (Å²) >= 11 is 6.92. The van der Waals surface area contributed by atoms with Crippen LogP contribution in [0.1, 0.15) is 18.4 Å². The summed E-state index contributed by atoms with van der Waals surface area (Å²) in [5.41, 5.74) is 2.82. The number of rotatable bonds is 6. The molecule has 0 unspecified atom stereocenters. The summed E-state index contributed by atoms with van der Waals surface area (Å²) < 4.78 is 0. The molecule has 0 amide bonds. The van der Waals surface area contributed by atoms with Gasteiger partial charge in [0.15, 0.2) is 5.82 Å². The van der Waals surface area contributed by atoms with E-state index in [1.54, 1.807) is 18.2 Å². The van der Waals surface area contributed by atoms with Crippen molar-refractivity contribution >= 4 is 41.1 Å². The van der Waals surface area contributed by atoms with Gasteiger partial charge < -0.3 is 10.0 Å². The molecule has 2 N–H and O–H groups in total. The second kappa shape index (κ2) is 8.71. The van der Waals surface area contributed by atoms with Gasteiger partial charge in [-0.2, -0.15) is 0 Å². The predicted molar refractivity (Wildman–Crippen MR) is 116 cm³/mol. The molecule has 0 spiro atoms. The molecular formula is C21H19ClN4O2S. The molecule has 1 fully saturated rings. The van der Waals surface area contributed by atoms with Gasteiger partial charge in [0.1, 0.15) is 4.91 Å². The molecule has 4 rings (SSSR count). The standard InChI is InChI=1S/C21H19ClN4O2S/c22-16-7-5-15(6-8-16)19-23-21(25-24-19)29-18(20(27)28)13-14-3-9-17(10-4-14)26-11-1-2-12-26/h3-10,13H,1-2,11-12H2,(H,27,28)(H,23,24,25)/b18-13+. The first kappa shape index (κ1) is 19.5. The number of hydrogen-bond donors (Lipinski definition) is 2. The molecular weight excluding hydrogens is 408 g/mol. The van der Waals surface area contributed by atoms with Crippen LogP contribution in [0.4, 0.5) is 5.69 Å². The molecule has 0 aliphatic carbocycles. The maximum atomic E-state index is 11.7. The molecule has 0 radical (unpaired) electrons. The summed E-state index contributed by atoms with van der Waals surface area (Å²) in [7, 11) is 0. The van der Waals surface area contributed by atoms with Crippen molar-refractivity contribution in [3.05, 3.63) is 64.0 Å². The lowest BCUT2D eigenvalue weighted by atomic mass is 10.2. The van der Waals surface area contributed by atoms with Crippen molar-refractivity contribution < 1.29 is 9.90 Å². The Morgan fingerprint density at radius 3 is 2.45 bits per heavy atom. The van der Waals surface area contributed by atoms with Gasteiger partial charge in [0, 0.05) is 29.4 Å². The predicted octanol–water partition coefficient (Wildman–Crippen LogP) is 4.94. The van der Waals surface area contributed by atoms with Gasteiger partial charge in [-0.1, -0.05) is 23.7 Å². The Bertz CT molecular complexity index is 1030. The van der Waals surface area contributed by atoms with Crippen LogP contribution < -0.4 is 4.90 Å². The smallest absolute Gasteiger partial charge is 0.342 e. The zero-order valence-electron chi connectivity index (χ0n) is 15.5. The minimum absolute atomic E-state index is 0.153. The van der Waals surface area contributed by atoms with Crippen LogP contribution in [0.5, 0.6) is 0 Å². The number of halogens is 1. The van der Waals surface area contributed by atoms with Crippen molar-refractivity contribution in [2.24, 2.45) is 0 Å². The summed E-state index contributed by atoms with van der Waals surface area (Å²) in [6.07, 6.45) is 4.07. The number of hydrogen-bond acceptors (Lipinski definition) is 5. The van der Waals surface area contributed by atoms with E-state index in [2.05, 4.69) is 20.1 Å². The van der Waals surface area contributed by atoms with Gasteiger partial charge >= 0.3 is 5.97 Å². The first-order chi connectivity index (χ1) is 14.1. The van der Waals surface area contributed by atoms with Crippen LogP contribution in [0, 0.1) is 0 Å². The van der Waals surface area contributed by atoms with Crippen LogP contribution in [0.15, 0.2) is 58.6 Å². The van der Waals surface area contributed by atoms with Crippen molar-refractivity contribution in [3.8, 4) is 11.4 Å². The largest absolute Gasteiger partial charge is 0.477 e. The van der Waals surface area contributed by atoms with Gasteiger partial charge in [-0.3, -0.25) is 5.10 Å². The number of aliphatic carboxylic acids is 1. The van der Waals surface area contributed by atoms with E-state index >= 15 is 0 Å². The molecule has 8 heteroatoms. The first-order valence-corrected chi connectivity index (χ1v) is 10.4. The molecule has 2 heterocycles. The average Bonchev–Trinajstić information content (AvgIpc) is 3.41. The highest BCUT2D eigenvalue weighted by Gasteiger charge is 2.15. The zero-order chi connectivity index (χ0) is 20.2. The normalized spacial score (nSPS) is 14.4. The number of carboxylic acids is 1. The fourth-order valence-corrected chi connectivity index (χ4v) is 4.00. The van der Waals surface area contributed by atoms with E-state index in [9.17, 15) is 9.90 Å². The highest BCUT2D eigenvalue weighted by Crippen LogP contribution is 2.28. The fraction of sp³-hybridized carbons (Fsp3) is 0.190. The number of benzene rings is 2. The lowest BCUT2D eigenvalue weighted by Crippen LogP contribution is -2.17.